The van der Waals surface area contributed by atoms with E-state index in [0.29, 0.717) is 43.2 Å². The van der Waals surface area contributed by atoms with Crippen molar-refractivity contribution >= 4 is 40.5 Å². The van der Waals surface area contributed by atoms with Crippen LogP contribution < -0.4 is 4.90 Å². The summed E-state index contributed by atoms with van der Waals surface area (Å²) in [6.07, 6.45) is 1.66. The lowest BCUT2D eigenvalue weighted by atomic mass is 9.92. The molecule has 1 aromatic carbocycles. The van der Waals surface area contributed by atoms with E-state index in [4.69, 9.17) is 32.2 Å². The van der Waals surface area contributed by atoms with Crippen molar-refractivity contribution in [3.8, 4) is 12.3 Å². The Morgan fingerprint density at radius 3 is 2.51 bits per heavy atom. The number of carboxylic acid groups (broad SMARTS) is 2. The second kappa shape index (κ2) is 11.2. The minimum atomic E-state index is -2.74. The lowest BCUT2D eigenvalue weighted by molar-refractivity contribution is -0.191. The number of benzene rings is 1. The molecule has 4 atom stereocenters. The quantitative estimate of drug-likeness (QED) is 0.150. The number of nitrogens with zero attached hydrogens (tertiary/aromatic N) is 5. The standard InChI is InChI=1S/C26H26ClN5O9/c1-2-25(38)16(13-40-26(22(34)35,23(36)37)12-15-6-4-3-5-7-15)41-21(18(25)33)32-14-28-17-19(29-24(27)30-20(17)32)31-8-10-39-11-9-31/h1,3-7,14,16,18,21,33,38H,8-13H2,(H,34,35)(H,36,37)/t16-,18+,21-,25-/m1/s1. The molecule has 4 heterocycles. The van der Waals surface area contributed by atoms with Gasteiger partial charge in [-0.2, -0.15) is 9.97 Å². The Hall–Kier alpha value is -3.84. The molecule has 0 unspecified atom stereocenters. The highest BCUT2D eigenvalue weighted by Gasteiger charge is 2.58. The molecule has 0 aliphatic carbocycles. The highest BCUT2D eigenvalue weighted by molar-refractivity contribution is 6.28. The zero-order valence-corrected chi connectivity index (χ0v) is 22.2. The molecule has 0 spiro atoms. The van der Waals surface area contributed by atoms with Gasteiger partial charge < -0.3 is 39.5 Å². The first-order chi connectivity index (χ1) is 19.6. The van der Waals surface area contributed by atoms with E-state index in [9.17, 15) is 30.0 Å². The van der Waals surface area contributed by atoms with Gasteiger partial charge in [-0.1, -0.05) is 36.3 Å². The minimum Gasteiger partial charge on any atom is -0.479 e. The van der Waals surface area contributed by atoms with E-state index in [1.165, 1.54) is 10.9 Å². The van der Waals surface area contributed by atoms with Gasteiger partial charge in [0.1, 0.15) is 12.2 Å². The molecule has 41 heavy (non-hydrogen) atoms. The number of morpholine rings is 1. The summed E-state index contributed by atoms with van der Waals surface area (Å²) in [4.78, 5) is 39.2. The van der Waals surface area contributed by atoms with Crippen LogP contribution in [0.3, 0.4) is 0 Å². The molecular weight excluding hydrogens is 562 g/mol. The first kappa shape index (κ1) is 28.7. The molecule has 15 heteroatoms. The second-order valence-corrected chi connectivity index (χ2v) is 9.92. The van der Waals surface area contributed by atoms with Gasteiger partial charge in [-0.15, -0.1) is 6.42 Å². The van der Waals surface area contributed by atoms with E-state index in [2.05, 4.69) is 20.9 Å². The number of hydrogen-bond donors (Lipinski definition) is 4. The minimum absolute atomic E-state index is 0.103. The molecule has 2 aliphatic heterocycles. The molecule has 5 rings (SSSR count). The molecule has 2 saturated heterocycles. The number of terminal acetylenes is 1. The number of anilines is 1. The zero-order valence-electron chi connectivity index (χ0n) is 21.5. The Bertz CT molecular complexity index is 1480. The van der Waals surface area contributed by atoms with E-state index >= 15 is 0 Å². The van der Waals surface area contributed by atoms with Crippen molar-refractivity contribution < 1.29 is 44.2 Å². The second-order valence-electron chi connectivity index (χ2n) is 9.58. The third kappa shape index (κ3) is 5.08. The largest absolute Gasteiger partial charge is 0.479 e. The Morgan fingerprint density at radius 1 is 1.20 bits per heavy atom. The van der Waals surface area contributed by atoms with Crippen LogP contribution in [0, 0.1) is 12.3 Å². The molecule has 0 radical (unpaired) electrons. The number of aliphatic hydroxyl groups is 2. The number of aliphatic hydroxyl groups excluding tert-OH is 1. The van der Waals surface area contributed by atoms with Crippen molar-refractivity contribution in [3.05, 3.63) is 47.5 Å². The predicted octanol–water partition coefficient (Wildman–Crippen LogP) is 0.106. The Balaban J connectivity index is 1.45. The molecule has 2 fully saturated rings. The first-order valence-corrected chi connectivity index (χ1v) is 12.9. The highest BCUT2D eigenvalue weighted by atomic mass is 35.5. The van der Waals surface area contributed by atoms with Crippen LogP contribution in [0.15, 0.2) is 36.7 Å². The highest BCUT2D eigenvalue weighted by Crippen LogP contribution is 2.40. The summed E-state index contributed by atoms with van der Waals surface area (Å²) in [6, 6.07) is 8.04. The fraction of sp³-hybridized carbons (Fsp3) is 0.423. The van der Waals surface area contributed by atoms with E-state index in [0.717, 1.165) is 0 Å². The summed E-state index contributed by atoms with van der Waals surface area (Å²) < 4.78 is 18.1. The van der Waals surface area contributed by atoms with Gasteiger partial charge >= 0.3 is 11.9 Å². The van der Waals surface area contributed by atoms with Crippen molar-refractivity contribution in [2.24, 2.45) is 0 Å². The van der Waals surface area contributed by atoms with E-state index in [1.54, 1.807) is 30.3 Å². The summed E-state index contributed by atoms with van der Waals surface area (Å²) in [5.41, 5.74) is -4.24. The predicted molar refractivity (Wildman–Crippen MR) is 141 cm³/mol. The van der Waals surface area contributed by atoms with Gasteiger partial charge in [-0.05, 0) is 17.2 Å². The van der Waals surface area contributed by atoms with Crippen molar-refractivity contribution in [2.75, 3.05) is 37.8 Å². The average molecular weight is 588 g/mol. The van der Waals surface area contributed by atoms with Crippen LogP contribution in [-0.2, 0) is 30.2 Å². The number of rotatable bonds is 9. The third-order valence-corrected chi connectivity index (χ3v) is 7.34. The number of ether oxygens (including phenoxy) is 3. The van der Waals surface area contributed by atoms with Crippen LogP contribution >= 0.6 is 11.6 Å². The number of hydrogen-bond acceptors (Lipinski definition) is 11. The topological polar surface area (TPSA) is 190 Å². The first-order valence-electron chi connectivity index (χ1n) is 12.5. The van der Waals surface area contributed by atoms with Crippen LogP contribution in [0.1, 0.15) is 11.8 Å². The Labute approximate surface area is 238 Å². The monoisotopic (exact) mass is 587 g/mol. The van der Waals surface area contributed by atoms with Crippen LogP contribution in [0.2, 0.25) is 5.28 Å². The summed E-state index contributed by atoms with van der Waals surface area (Å²) in [5, 5.41) is 42.1. The van der Waals surface area contributed by atoms with Crippen LogP contribution in [0.5, 0.6) is 0 Å². The molecule has 3 aromatic rings. The summed E-state index contributed by atoms with van der Waals surface area (Å²) in [7, 11) is 0. The Kier molecular flexibility index (Phi) is 7.84. The van der Waals surface area contributed by atoms with Crippen LogP contribution in [0.4, 0.5) is 5.82 Å². The maximum atomic E-state index is 12.2. The van der Waals surface area contributed by atoms with Gasteiger partial charge in [-0.25, -0.2) is 14.6 Å². The van der Waals surface area contributed by atoms with Gasteiger partial charge in [0.15, 0.2) is 28.8 Å². The normalized spacial score (nSPS) is 24.8. The lowest BCUT2D eigenvalue weighted by Crippen LogP contribution is -2.55. The van der Waals surface area contributed by atoms with Gasteiger partial charge in [0.25, 0.3) is 5.60 Å². The fourth-order valence-corrected chi connectivity index (χ4v) is 5.05. The number of carbonyl (C=O) groups is 2. The Morgan fingerprint density at radius 2 is 1.88 bits per heavy atom. The lowest BCUT2D eigenvalue weighted by Gasteiger charge is -2.30. The van der Waals surface area contributed by atoms with Crippen molar-refractivity contribution in [1.82, 2.24) is 19.5 Å². The molecule has 2 aromatic heterocycles. The number of carboxylic acids is 2. The van der Waals surface area contributed by atoms with Gasteiger partial charge in [-0.3, -0.25) is 4.57 Å². The number of aromatic nitrogens is 4. The van der Waals surface area contributed by atoms with Crippen LogP contribution in [0.25, 0.3) is 11.2 Å². The maximum Gasteiger partial charge on any atom is 0.348 e. The van der Waals surface area contributed by atoms with E-state index in [-0.39, 0.29) is 10.9 Å². The number of halogens is 1. The maximum absolute atomic E-state index is 12.2. The summed E-state index contributed by atoms with van der Waals surface area (Å²) in [5.74, 6) is -1.01. The van der Waals surface area contributed by atoms with Gasteiger partial charge in [0, 0.05) is 19.5 Å². The molecule has 0 saturated carbocycles. The molecular formula is C26H26ClN5O9. The molecule has 14 nitrogen and oxygen atoms in total. The molecule has 0 bridgehead atoms. The molecule has 216 valence electrons. The van der Waals surface area contributed by atoms with Crippen molar-refractivity contribution in [1.29, 1.82) is 0 Å². The van der Waals surface area contributed by atoms with Crippen LogP contribution in [-0.4, -0.2) is 108 Å². The summed E-state index contributed by atoms with van der Waals surface area (Å²) in [6.45, 7) is 1.23. The van der Waals surface area contributed by atoms with Gasteiger partial charge in [0.2, 0.25) is 5.28 Å². The van der Waals surface area contributed by atoms with Crippen molar-refractivity contribution in [3.63, 3.8) is 0 Å². The zero-order chi connectivity index (χ0) is 29.4. The van der Waals surface area contributed by atoms with Gasteiger partial charge in [0.05, 0.1) is 26.1 Å². The SMILES string of the molecule is C#C[C@@]1(O)[C@@H](COC(Cc2ccccc2)(C(=O)O)C(=O)O)O[C@@H](n2cnc3c(N4CCOCC4)nc(Cl)nc32)[C@@H]1O. The van der Waals surface area contributed by atoms with Crippen molar-refractivity contribution in [2.45, 2.75) is 36.1 Å². The average Bonchev–Trinajstić information content (AvgIpc) is 3.49. The molecule has 2 aliphatic rings. The number of aliphatic carboxylic acids is 2. The summed E-state index contributed by atoms with van der Waals surface area (Å²) >= 11 is 6.22. The molecule has 4 N–H and O–H groups in total. The number of imidazole rings is 1. The fourth-order valence-electron chi connectivity index (χ4n) is 4.89. The smallest absolute Gasteiger partial charge is 0.348 e. The third-order valence-electron chi connectivity index (χ3n) is 7.18. The van der Waals surface area contributed by atoms with E-state index in [1.807, 2.05) is 4.90 Å². The number of fused-ring (bicyclic) bond motifs is 1. The molecule has 0 amide bonds. The van der Waals surface area contributed by atoms with E-state index < -0.39 is 54.6 Å².